The van der Waals surface area contributed by atoms with E-state index in [4.69, 9.17) is 14.2 Å². The van der Waals surface area contributed by atoms with E-state index in [-0.39, 0.29) is 0 Å². The molecule has 0 radical (unpaired) electrons. The van der Waals surface area contributed by atoms with Crippen molar-refractivity contribution in [2.75, 3.05) is 13.2 Å². The summed E-state index contributed by atoms with van der Waals surface area (Å²) in [5.74, 6) is 0.206. The minimum absolute atomic E-state index is 0.303. The topological polar surface area (TPSA) is 61.8 Å². The molecule has 0 bridgehead atoms. The fraction of sp³-hybridized carbons (Fsp3) is 0.259. The van der Waals surface area contributed by atoms with Crippen molar-refractivity contribution >= 4 is 11.9 Å². The van der Waals surface area contributed by atoms with Gasteiger partial charge < -0.3 is 14.2 Å². The van der Waals surface area contributed by atoms with Crippen molar-refractivity contribution in [3.63, 3.8) is 0 Å². The van der Waals surface area contributed by atoms with Gasteiger partial charge in [-0.15, -0.1) is 0 Å². The van der Waals surface area contributed by atoms with E-state index in [0.717, 1.165) is 30.6 Å². The number of hydrogen-bond donors (Lipinski definition) is 0. The lowest BCUT2D eigenvalue weighted by atomic mass is 10.2. The van der Waals surface area contributed by atoms with E-state index in [1.165, 1.54) is 0 Å². The van der Waals surface area contributed by atoms with Crippen LogP contribution in [0, 0.1) is 0 Å². The monoisotopic (exact) mass is 432 g/mol. The predicted octanol–water partition coefficient (Wildman–Crippen LogP) is 5.87. The first-order valence-electron chi connectivity index (χ1n) is 10.9. The van der Waals surface area contributed by atoms with Crippen molar-refractivity contribution in [3.8, 4) is 11.5 Å². The molecule has 166 valence electrons. The largest absolute Gasteiger partial charge is 0.494 e. The van der Waals surface area contributed by atoms with Crippen LogP contribution in [0.1, 0.15) is 52.5 Å². The molecular weight excluding hydrogens is 404 g/mol. The maximum atomic E-state index is 12.4. The first kappa shape index (κ1) is 23.1. The zero-order valence-electron chi connectivity index (χ0n) is 18.3. The number of benzene rings is 3. The van der Waals surface area contributed by atoms with E-state index in [1.54, 1.807) is 48.5 Å². The maximum Gasteiger partial charge on any atom is 0.343 e. The normalized spacial score (nSPS) is 10.4. The van der Waals surface area contributed by atoms with Gasteiger partial charge in [0.25, 0.3) is 0 Å². The number of unbranched alkanes of at least 4 members (excludes halogenated alkanes) is 2. The van der Waals surface area contributed by atoms with Crippen LogP contribution in [-0.2, 0) is 11.2 Å². The Morgan fingerprint density at radius 2 is 1.31 bits per heavy atom. The molecule has 0 aromatic heterocycles. The predicted molar refractivity (Wildman–Crippen MR) is 123 cm³/mol. The highest BCUT2D eigenvalue weighted by Gasteiger charge is 2.11. The van der Waals surface area contributed by atoms with E-state index in [2.05, 4.69) is 6.92 Å². The minimum Gasteiger partial charge on any atom is -0.494 e. The van der Waals surface area contributed by atoms with Gasteiger partial charge in [-0.2, -0.15) is 0 Å². The lowest BCUT2D eigenvalue weighted by Crippen LogP contribution is -2.10. The molecule has 0 aliphatic carbocycles. The Morgan fingerprint density at radius 3 is 1.97 bits per heavy atom. The van der Waals surface area contributed by atoms with Crippen LogP contribution in [0.4, 0.5) is 0 Å². The summed E-state index contributed by atoms with van der Waals surface area (Å²) < 4.78 is 16.4. The van der Waals surface area contributed by atoms with Crippen molar-refractivity contribution < 1.29 is 23.8 Å². The quantitative estimate of drug-likeness (QED) is 0.215. The van der Waals surface area contributed by atoms with Crippen LogP contribution in [0.5, 0.6) is 11.5 Å². The number of carbonyl (C=O) groups is 2. The Labute approximate surface area is 188 Å². The van der Waals surface area contributed by atoms with E-state index < -0.39 is 11.9 Å². The molecule has 0 fully saturated rings. The second-order valence-corrected chi connectivity index (χ2v) is 7.37. The van der Waals surface area contributed by atoms with Gasteiger partial charge in [0.15, 0.2) is 0 Å². The molecule has 3 aromatic rings. The standard InChI is InChI=1S/C27H28O5/c1-2-3-7-19-30-24-14-10-23(11-15-24)27(29)32-25-16-12-22(13-17-25)26(28)31-20-18-21-8-5-4-6-9-21/h4-6,8-17H,2-3,7,18-20H2,1H3. The van der Waals surface area contributed by atoms with Gasteiger partial charge in [-0.25, -0.2) is 9.59 Å². The average Bonchev–Trinajstić information content (AvgIpc) is 2.83. The Kier molecular flexibility index (Phi) is 8.87. The summed E-state index contributed by atoms with van der Waals surface area (Å²) in [6.45, 7) is 3.11. The second-order valence-electron chi connectivity index (χ2n) is 7.37. The summed E-state index contributed by atoms with van der Waals surface area (Å²) in [6.07, 6.45) is 3.95. The van der Waals surface area contributed by atoms with Crippen LogP contribution in [0.25, 0.3) is 0 Å². The second kappa shape index (κ2) is 12.3. The molecule has 0 spiro atoms. The highest BCUT2D eigenvalue weighted by Crippen LogP contribution is 2.17. The molecule has 0 aliphatic rings. The summed E-state index contributed by atoms with van der Waals surface area (Å²) >= 11 is 0. The molecule has 5 heteroatoms. The van der Waals surface area contributed by atoms with Crippen LogP contribution >= 0.6 is 0 Å². The fourth-order valence-electron chi connectivity index (χ4n) is 3.04. The highest BCUT2D eigenvalue weighted by molar-refractivity contribution is 5.92. The van der Waals surface area contributed by atoms with Crippen LogP contribution in [0.15, 0.2) is 78.9 Å². The van der Waals surface area contributed by atoms with Gasteiger partial charge in [0, 0.05) is 6.42 Å². The summed E-state index contributed by atoms with van der Waals surface area (Å²) in [5, 5.41) is 0. The minimum atomic E-state index is -0.472. The molecule has 0 saturated heterocycles. The number of rotatable bonds is 11. The molecule has 5 nitrogen and oxygen atoms in total. The molecule has 0 N–H and O–H groups in total. The SMILES string of the molecule is CCCCCOc1ccc(C(=O)Oc2ccc(C(=O)OCCc3ccccc3)cc2)cc1. The molecule has 0 saturated carbocycles. The molecular formula is C27H28O5. The van der Waals surface area contributed by atoms with Crippen molar-refractivity contribution in [2.24, 2.45) is 0 Å². The van der Waals surface area contributed by atoms with Gasteiger partial charge in [-0.05, 0) is 60.5 Å². The van der Waals surface area contributed by atoms with Gasteiger partial charge in [0.05, 0.1) is 24.3 Å². The van der Waals surface area contributed by atoms with Crippen molar-refractivity contribution in [1.29, 1.82) is 0 Å². The smallest absolute Gasteiger partial charge is 0.343 e. The highest BCUT2D eigenvalue weighted by atomic mass is 16.5. The maximum absolute atomic E-state index is 12.4. The van der Waals surface area contributed by atoms with Crippen LogP contribution in [0.3, 0.4) is 0 Å². The Hall–Kier alpha value is -3.60. The zero-order valence-corrected chi connectivity index (χ0v) is 18.3. The van der Waals surface area contributed by atoms with E-state index >= 15 is 0 Å². The van der Waals surface area contributed by atoms with Crippen molar-refractivity contribution in [1.82, 2.24) is 0 Å². The first-order valence-corrected chi connectivity index (χ1v) is 10.9. The van der Waals surface area contributed by atoms with Crippen molar-refractivity contribution in [2.45, 2.75) is 32.6 Å². The third-order valence-electron chi connectivity index (χ3n) is 4.87. The third-order valence-corrected chi connectivity index (χ3v) is 4.87. The molecule has 3 rings (SSSR count). The Balaban J connectivity index is 1.46. The number of esters is 2. The van der Waals surface area contributed by atoms with Gasteiger partial charge in [0.1, 0.15) is 11.5 Å². The first-order chi connectivity index (χ1) is 15.7. The molecule has 0 atom stereocenters. The third kappa shape index (κ3) is 7.27. The Bertz CT molecular complexity index is 979. The van der Waals surface area contributed by atoms with E-state index in [0.29, 0.717) is 36.5 Å². The number of carbonyl (C=O) groups excluding carboxylic acids is 2. The van der Waals surface area contributed by atoms with Gasteiger partial charge in [-0.1, -0.05) is 50.1 Å². The molecule has 0 heterocycles. The summed E-state index contributed by atoms with van der Waals surface area (Å²) in [5.41, 5.74) is 1.94. The fourth-order valence-corrected chi connectivity index (χ4v) is 3.04. The summed E-state index contributed by atoms with van der Waals surface area (Å²) in [4.78, 5) is 24.6. The van der Waals surface area contributed by atoms with Crippen molar-refractivity contribution in [3.05, 3.63) is 95.6 Å². The Morgan fingerprint density at radius 1 is 0.688 bits per heavy atom. The van der Waals surface area contributed by atoms with E-state index in [1.807, 2.05) is 30.3 Å². The lowest BCUT2D eigenvalue weighted by Gasteiger charge is -2.08. The molecule has 0 aliphatic heterocycles. The van der Waals surface area contributed by atoms with Crippen LogP contribution < -0.4 is 9.47 Å². The zero-order chi connectivity index (χ0) is 22.6. The van der Waals surface area contributed by atoms with Crippen LogP contribution in [0.2, 0.25) is 0 Å². The number of hydrogen-bond acceptors (Lipinski definition) is 5. The van der Waals surface area contributed by atoms with Crippen LogP contribution in [-0.4, -0.2) is 25.2 Å². The van der Waals surface area contributed by atoms with Gasteiger partial charge >= 0.3 is 11.9 Å². The molecule has 32 heavy (non-hydrogen) atoms. The lowest BCUT2D eigenvalue weighted by molar-refractivity contribution is 0.0509. The summed E-state index contributed by atoms with van der Waals surface area (Å²) in [7, 11) is 0. The average molecular weight is 433 g/mol. The molecule has 0 amide bonds. The molecule has 3 aromatic carbocycles. The number of ether oxygens (including phenoxy) is 3. The van der Waals surface area contributed by atoms with Gasteiger partial charge in [-0.3, -0.25) is 0 Å². The van der Waals surface area contributed by atoms with Gasteiger partial charge in [0.2, 0.25) is 0 Å². The van der Waals surface area contributed by atoms with E-state index in [9.17, 15) is 9.59 Å². The summed E-state index contributed by atoms with van der Waals surface area (Å²) in [6, 6.07) is 23.0. The molecule has 0 unspecified atom stereocenters.